The van der Waals surface area contributed by atoms with Crippen molar-refractivity contribution in [3.05, 3.63) is 0 Å². The molecular weight excluding hydrogens is 228 g/mol. The highest BCUT2D eigenvalue weighted by Crippen LogP contribution is 2.21. The molecule has 0 radical (unpaired) electrons. The Balaban J connectivity index is 1.74. The van der Waals surface area contributed by atoms with Crippen LogP contribution in [0.3, 0.4) is 0 Å². The Morgan fingerprint density at radius 3 is 2.78 bits per heavy atom. The van der Waals surface area contributed by atoms with Gasteiger partial charge in [0, 0.05) is 19.1 Å². The third-order valence-electron chi connectivity index (χ3n) is 3.98. The summed E-state index contributed by atoms with van der Waals surface area (Å²) >= 11 is 0. The lowest BCUT2D eigenvalue weighted by molar-refractivity contribution is -0.00901. The van der Waals surface area contributed by atoms with Gasteiger partial charge in [-0.05, 0) is 52.7 Å². The van der Waals surface area contributed by atoms with Gasteiger partial charge in [-0.3, -0.25) is 9.80 Å². The van der Waals surface area contributed by atoms with Crippen molar-refractivity contribution < 1.29 is 9.84 Å². The van der Waals surface area contributed by atoms with Crippen molar-refractivity contribution in [2.24, 2.45) is 0 Å². The summed E-state index contributed by atoms with van der Waals surface area (Å²) in [4.78, 5) is 5.04. The first-order valence-corrected chi connectivity index (χ1v) is 7.41. The number of fused-ring (bicyclic) bond motifs is 1. The van der Waals surface area contributed by atoms with Crippen LogP contribution in [0, 0.1) is 0 Å². The molecule has 2 fully saturated rings. The highest BCUT2D eigenvalue weighted by Gasteiger charge is 2.29. The van der Waals surface area contributed by atoms with Gasteiger partial charge in [-0.2, -0.15) is 0 Å². The SMILES string of the molecule is CC(C)OCC(O)CN1CCCN2CCCC2C1. The van der Waals surface area contributed by atoms with Crippen molar-refractivity contribution in [3.63, 3.8) is 0 Å². The molecule has 0 aliphatic carbocycles. The zero-order chi connectivity index (χ0) is 13.0. The maximum Gasteiger partial charge on any atom is 0.0900 e. The van der Waals surface area contributed by atoms with Gasteiger partial charge < -0.3 is 9.84 Å². The minimum Gasteiger partial charge on any atom is -0.389 e. The largest absolute Gasteiger partial charge is 0.389 e. The standard InChI is InChI=1S/C14H28N2O2/c1-12(2)18-11-14(17)10-15-6-4-8-16-7-3-5-13(16)9-15/h12-14,17H,3-11H2,1-2H3. The summed E-state index contributed by atoms with van der Waals surface area (Å²) in [6, 6.07) is 0.728. The molecule has 0 aromatic heterocycles. The molecule has 106 valence electrons. The van der Waals surface area contributed by atoms with Crippen LogP contribution in [0.5, 0.6) is 0 Å². The summed E-state index contributed by atoms with van der Waals surface area (Å²) in [5.41, 5.74) is 0. The van der Waals surface area contributed by atoms with Gasteiger partial charge in [0.2, 0.25) is 0 Å². The van der Waals surface area contributed by atoms with Gasteiger partial charge in [-0.1, -0.05) is 0 Å². The Hall–Kier alpha value is -0.160. The summed E-state index contributed by atoms with van der Waals surface area (Å²) in [5.74, 6) is 0. The first-order chi connectivity index (χ1) is 8.65. The van der Waals surface area contributed by atoms with Crippen molar-refractivity contribution in [2.75, 3.05) is 39.3 Å². The number of nitrogens with zero attached hydrogens (tertiary/aromatic N) is 2. The summed E-state index contributed by atoms with van der Waals surface area (Å²) in [6.45, 7) is 9.99. The third-order valence-corrected chi connectivity index (χ3v) is 3.98. The van der Waals surface area contributed by atoms with E-state index >= 15 is 0 Å². The molecule has 2 atom stereocenters. The lowest BCUT2D eigenvalue weighted by atomic mass is 10.2. The molecule has 0 saturated carbocycles. The Bertz CT molecular complexity index is 248. The normalized spacial score (nSPS) is 28.3. The van der Waals surface area contributed by atoms with Crippen molar-refractivity contribution in [2.45, 2.75) is 51.4 Å². The van der Waals surface area contributed by atoms with Gasteiger partial charge in [0.1, 0.15) is 0 Å². The molecule has 2 rings (SSSR count). The predicted molar refractivity (Wildman–Crippen MR) is 72.7 cm³/mol. The average Bonchev–Trinajstić information content (AvgIpc) is 2.66. The van der Waals surface area contributed by atoms with E-state index in [2.05, 4.69) is 9.80 Å². The van der Waals surface area contributed by atoms with Gasteiger partial charge in [0.05, 0.1) is 18.8 Å². The highest BCUT2D eigenvalue weighted by atomic mass is 16.5. The van der Waals surface area contributed by atoms with E-state index in [1.165, 1.54) is 32.4 Å². The van der Waals surface area contributed by atoms with Crippen LogP contribution < -0.4 is 0 Å². The number of hydrogen-bond acceptors (Lipinski definition) is 4. The van der Waals surface area contributed by atoms with Crippen LogP contribution in [-0.2, 0) is 4.74 Å². The minimum atomic E-state index is -0.347. The second-order valence-corrected chi connectivity index (χ2v) is 5.98. The Kier molecular flexibility index (Phi) is 5.42. The quantitative estimate of drug-likeness (QED) is 0.794. The van der Waals surface area contributed by atoms with Gasteiger partial charge >= 0.3 is 0 Å². The van der Waals surface area contributed by atoms with E-state index < -0.39 is 0 Å². The zero-order valence-electron chi connectivity index (χ0n) is 11.8. The Morgan fingerprint density at radius 2 is 2.00 bits per heavy atom. The molecule has 2 heterocycles. The van der Waals surface area contributed by atoms with E-state index in [-0.39, 0.29) is 12.2 Å². The van der Waals surface area contributed by atoms with E-state index in [0.717, 1.165) is 25.7 Å². The molecule has 0 spiro atoms. The van der Waals surface area contributed by atoms with Crippen LogP contribution in [0.4, 0.5) is 0 Å². The average molecular weight is 256 g/mol. The molecule has 2 unspecified atom stereocenters. The fourth-order valence-electron chi connectivity index (χ4n) is 3.10. The first-order valence-electron chi connectivity index (χ1n) is 7.41. The number of rotatable bonds is 5. The topological polar surface area (TPSA) is 35.9 Å². The molecule has 1 N–H and O–H groups in total. The molecule has 2 aliphatic rings. The number of ether oxygens (including phenoxy) is 1. The fraction of sp³-hybridized carbons (Fsp3) is 1.00. The highest BCUT2D eigenvalue weighted by molar-refractivity contribution is 4.85. The van der Waals surface area contributed by atoms with Gasteiger partial charge in [-0.25, -0.2) is 0 Å². The van der Waals surface area contributed by atoms with E-state index in [1.807, 2.05) is 13.8 Å². The molecule has 0 bridgehead atoms. The summed E-state index contributed by atoms with van der Waals surface area (Å²) in [5, 5.41) is 10.0. The third kappa shape index (κ3) is 4.19. The van der Waals surface area contributed by atoms with Gasteiger partial charge in [0.25, 0.3) is 0 Å². The van der Waals surface area contributed by atoms with Crippen LogP contribution in [0.1, 0.15) is 33.1 Å². The monoisotopic (exact) mass is 256 g/mol. The van der Waals surface area contributed by atoms with Crippen LogP contribution in [0.15, 0.2) is 0 Å². The summed E-state index contributed by atoms with van der Waals surface area (Å²) in [7, 11) is 0. The number of β-amino-alcohol motifs (C(OH)–C–C–N with tert-alkyl or cyclic N) is 1. The van der Waals surface area contributed by atoms with Crippen molar-refractivity contribution in [3.8, 4) is 0 Å². The van der Waals surface area contributed by atoms with E-state index in [0.29, 0.717) is 6.61 Å². The number of hydrogen-bond donors (Lipinski definition) is 1. The molecule has 4 nitrogen and oxygen atoms in total. The molecule has 0 aromatic carbocycles. The van der Waals surface area contributed by atoms with E-state index in [1.54, 1.807) is 0 Å². The first kappa shape index (κ1) is 14.3. The smallest absolute Gasteiger partial charge is 0.0900 e. The summed E-state index contributed by atoms with van der Waals surface area (Å²) in [6.07, 6.45) is 3.76. The van der Waals surface area contributed by atoms with Crippen LogP contribution in [-0.4, -0.2) is 72.5 Å². The molecule has 0 aromatic rings. The maximum absolute atomic E-state index is 10.0. The molecule has 18 heavy (non-hydrogen) atoms. The van der Waals surface area contributed by atoms with Gasteiger partial charge in [-0.15, -0.1) is 0 Å². The van der Waals surface area contributed by atoms with Crippen molar-refractivity contribution >= 4 is 0 Å². The van der Waals surface area contributed by atoms with E-state index in [4.69, 9.17) is 4.74 Å². The maximum atomic E-state index is 10.0. The Labute approximate surface area is 111 Å². The fourth-order valence-corrected chi connectivity index (χ4v) is 3.10. The number of aliphatic hydroxyl groups excluding tert-OH is 1. The molecule has 0 amide bonds. The molecular formula is C14H28N2O2. The summed E-state index contributed by atoms with van der Waals surface area (Å²) < 4.78 is 5.48. The number of aliphatic hydroxyl groups is 1. The predicted octanol–water partition coefficient (Wildman–Crippen LogP) is 0.942. The molecule has 2 aliphatic heterocycles. The van der Waals surface area contributed by atoms with Crippen LogP contribution >= 0.6 is 0 Å². The van der Waals surface area contributed by atoms with E-state index in [9.17, 15) is 5.11 Å². The van der Waals surface area contributed by atoms with Crippen molar-refractivity contribution in [1.29, 1.82) is 0 Å². The second-order valence-electron chi connectivity index (χ2n) is 5.98. The van der Waals surface area contributed by atoms with Crippen LogP contribution in [0.25, 0.3) is 0 Å². The zero-order valence-corrected chi connectivity index (χ0v) is 11.8. The lowest BCUT2D eigenvalue weighted by Gasteiger charge is -2.27. The Morgan fingerprint density at radius 1 is 1.22 bits per heavy atom. The van der Waals surface area contributed by atoms with Gasteiger partial charge in [0.15, 0.2) is 0 Å². The lowest BCUT2D eigenvalue weighted by Crippen LogP contribution is -2.41. The van der Waals surface area contributed by atoms with Crippen molar-refractivity contribution in [1.82, 2.24) is 9.80 Å². The van der Waals surface area contributed by atoms with Crippen LogP contribution in [0.2, 0.25) is 0 Å². The minimum absolute atomic E-state index is 0.203. The molecule has 2 saturated heterocycles. The molecule has 4 heteroatoms. The second kappa shape index (κ2) is 6.85.